The van der Waals surface area contributed by atoms with E-state index >= 15 is 0 Å². The van der Waals surface area contributed by atoms with Crippen molar-refractivity contribution in [3.8, 4) is 0 Å². The minimum absolute atomic E-state index is 0.0847. The molecule has 0 spiro atoms. The number of hydrogen-bond acceptors (Lipinski definition) is 5. The first kappa shape index (κ1) is 22.4. The SMILES string of the molecule is C[C@H](NS(=O)(=O)c1ccccc1)C(=O)N1CCN(S(=O)(=O)Cc2ccccc2)CC1. The van der Waals surface area contributed by atoms with Crippen molar-refractivity contribution < 1.29 is 21.6 Å². The summed E-state index contributed by atoms with van der Waals surface area (Å²) in [6.07, 6.45) is 0. The maximum Gasteiger partial charge on any atom is 0.241 e. The maximum atomic E-state index is 12.7. The molecule has 162 valence electrons. The fourth-order valence-electron chi connectivity index (χ4n) is 3.29. The lowest BCUT2D eigenvalue weighted by Gasteiger charge is -2.35. The molecule has 3 rings (SSSR count). The highest BCUT2D eigenvalue weighted by atomic mass is 32.2. The zero-order chi connectivity index (χ0) is 21.8. The van der Waals surface area contributed by atoms with Crippen molar-refractivity contribution in [2.75, 3.05) is 26.2 Å². The summed E-state index contributed by atoms with van der Waals surface area (Å²) in [5.41, 5.74) is 0.708. The Morgan fingerprint density at radius 2 is 1.43 bits per heavy atom. The zero-order valence-corrected chi connectivity index (χ0v) is 18.3. The predicted molar refractivity (Wildman–Crippen MR) is 113 cm³/mol. The third-order valence-corrected chi connectivity index (χ3v) is 8.30. The van der Waals surface area contributed by atoms with Crippen molar-refractivity contribution in [3.63, 3.8) is 0 Å². The van der Waals surface area contributed by atoms with E-state index in [0.29, 0.717) is 5.56 Å². The van der Waals surface area contributed by atoms with E-state index in [9.17, 15) is 21.6 Å². The molecule has 1 fully saturated rings. The first-order valence-electron chi connectivity index (χ1n) is 9.57. The highest BCUT2D eigenvalue weighted by Crippen LogP contribution is 2.15. The van der Waals surface area contributed by atoms with Gasteiger partial charge in [0.2, 0.25) is 26.0 Å². The van der Waals surface area contributed by atoms with Gasteiger partial charge in [-0.05, 0) is 24.6 Å². The first-order chi connectivity index (χ1) is 14.2. The molecule has 0 aromatic heterocycles. The number of piperazine rings is 1. The third kappa shape index (κ3) is 5.45. The molecule has 1 N–H and O–H groups in total. The Morgan fingerprint density at radius 3 is 2.00 bits per heavy atom. The molecule has 1 saturated heterocycles. The highest BCUT2D eigenvalue weighted by Gasteiger charge is 2.32. The smallest absolute Gasteiger partial charge is 0.241 e. The summed E-state index contributed by atoms with van der Waals surface area (Å²) in [7, 11) is -7.30. The summed E-state index contributed by atoms with van der Waals surface area (Å²) in [6, 6.07) is 15.8. The van der Waals surface area contributed by atoms with Crippen LogP contribution in [-0.2, 0) is 30.6 Å². The molecular formula is C20H25N3O5S2. The van der Waals surface area contributed by atoms with Crippen LogP contribution in [-0.4, -0.2) is 64.2 Å². The second-order valence-electron chi connectivity index (χ2n) is 7.12. The fourth-order valence-corrected chi connectivity index (χ4v) is 6.02. The molecule has 1 aliphatic rings. The summed E-state index contributed by atoms with van der Waals surface area (Å²) in [5, 5.41) is 0. The minimum atomic E-state index is -3.82. The Hall–Kier alpha value is -2.27. The van der Waals surface area contributed by atoms with Crippen LogP contribution in [0.5, 0.6) is 0 Å². The normalized spacial score (nSPS) is 16.9. The molecule has 2 aromatic rings. The molecule has 2 aromatic carbocycles. The summed E-state index contributed by atoms with van der Waals surface area (Å²) >= 11 is 0. The molecule has 1 heterocycles. The van der Waals surface area contributed by atoms with Gasteiger partial charge in [-0.3, -0.25) is 4.79 Å². The van der Waals surface area contributed by atoms with Crippen molar-refractivity contribution in [1.29, 1.82) is 0 Å². The number of nitrogens with one attached hydrogen (secondary N) is 1. The van der Waals surface area contributed by atoms with Crippen LogP contribution < -0.4 is 4.72 Å². The Morgan fingerprint density at radius 1 is 0.900 bits per heavy atom. The van der Waals surface area contributed by atoms with Gasteiger partial charge in [0.1, 0.15) is 0 Å². The molecule has 0 unspecified atom stereocenters. The van der Waals surface area contributed by atoms with Gasteiger partial charge in [0.05, 0.1) is 16.7 Å². The zero-order valence-electron chi connectivity index (χ0n) is 16.6. The molecule has 0 aliphatic carbocycles. The Balaban J connectivity index is 1.57. The van der Waals surface area contributed by atoms with Crippen molar-refractivity contribution in [1.82, 2.24) is 13.9 Å². The third-order valence-electron chi connectivity index (χ3n) is 4.89. The first-order valence-corrected chi connectivity index (χ1v) is 12.7. The van der Waals surface area contributed by atoms with Crippen molar-refractivity contribution in [2.24, 2.45) is 0 Å². The molecule has 0 saturated carbocycles. The number of amides is 1. The van der Waals surface area contributed by atoms with Crippen molar-refractivity contribution >= 4 is 26.0 Å². The molecule has 1 atom stereocenters. The minimum Gasteiger partial charge on any atom is -0.339 e. The van der Waals surface area contributed by atoms with Gasteiger partial charge in [-0.25, -0.2) is 16.8 Å². The van der Waals surface area contributed by atoms with E-state index in [1.54, 1.807) is 42.5 Å². The van der Waals surface area contributed by atoms with E-state index in [4.69, 9.17) is 0 Å². The van der Waals surface area contributed by atoms with Crippen LogP contribution in [0.3, 0.4) is 0 Å². The number of rotatable bonds is 7. The second kappa shape index (κ2) is 9.25. The van der Waals surface area contributed by atoms with Crippen LogP contribution >= 0.6 is 0 Å². The van der Waals surface area contributed by atoms with Gasteiger partial charge in [-0.2, -0.15) is 9.03 Å². The van der Waals surface area contributed by atoms with E-state index < -0.39 is 26.1 Å². The van der Waals surface area contributed by atoms with Gasteiger partial charge in [0, 0.05) is 26.2 Å². The maximum absolute atomic E-state index is 12.7. The van der Waals surface area contributed by atoms with Crippen LogP contribution in [0.4, 0.5) is 0 Å². The summed E-state index contributed by atoms with van der Waals surface area (Å²) in [6.45, 7) is 2.27. The summed E-state index contributed by atoms with van der Waals surface area (Å²) < 4.78 is 53.9. The van der Waals surface area contributed by atoms with Crippen LogP contribution in [0, 0.1) is 0 Å². The Bertz CT molecular complexity index is 1070. The molecule has 1 amide bonds. The number of hydrogen-bond donors (Lipinski definition) is 1. The van der Waals surface area contributed by atoms with Crippen LogP contribution in [0.2, 0.25) is 0 Å². The van der Waals surface area contributed by atoms with Gasteiger partial charge >= 0.3 is 0 Å². The number of carbonyl (C=O) groups is 1. The van der Waals surface area contributed by atoms with E-state index in [1.165, 1.54) is 28.3 Å². The standard InChI is InChI=1S/C20H25N3O5S2/c1-17(21-30(27,28)19-10-6-3-7-11-19)20(24)22-12-14-23(15-13-22)29(25,26)16-18-8-4-2-5-9-18/h2-11,17,21H,12-16H2,1H3/t17-/m0/s1. The topological polar surface area (TPSA) is 104 Å². The van der Waals surface area contributed by atoms with Gasteiger partial charge in [0.15, 0.2) is 0 Å². The lowest BCUT2D eigenvalue weighted by atomic mass is 10.2. The largest absolute Gasteiger partial charge is 0.339 e. The fraction of sp³-hybridized carbons (Fsp3) is 0.350. The van der Waals surface area contributed by atoms with E-state index in [1.807, 2.05) is 6.07 Å². The Labute approximate surface area is 177 Å². The van der Waals surface area contributed by atoms with Crippen LogP contribution in [0.15, 0.2) is 65.6 Å². The summed E-state index contributed by atoms with van der Waals surface area (Å²) in [5.74, 6) is -0.468. The average Bonchev–Trinajstić information content (AvgIpc) is 2.74. The summed E-state index contributed by atoms with van der Waals surface area (Å²) in [4.78, 5) is 14.3. The molecule has 0 radical (unpaired) electrons. The average molecular weight is 452 g/mol. The Kier molecular flexibility index (Phi) is 6.91. The number of carbonyl (C=O) groups excluding carboxylic acids is 1. The lowest BCUT2D eigenvalue weighted by Crippen LogP contribution is -2.55. The van der Waals surface area contributed by atoms with Gasteiger partial charge < -0.3 is 4.90 Å². The second-order valence-corrected chi connectivity index (χ2v) is 10.8. The molecule has 10 heteroatoms. The predicted octanol–water partition coefficient (Wildman–Crippen LogP) is 1.03. The molecule has 0 bridgehead atoms. The van der Waals surface area contributed by atoms with Crippen molar-refractivity contribution in [2.45, 2.75) is 23.6 Å². The van der Waals surface area contributed by atoms with Gasteiger partial charge in [-0.1, -0.05) is 48.5 Å². The number of benzene rings is 2. The quantitative estimate of drug-likeness (QED) is 0.677. The highest BCUT2D eigenvalue weighted by molar-refractivity contribution is 7.89. The number of sulfonamides is 2. The van der Waals surface area contributed by atoms with E-state index in [0.717, 1.165) is 0 Å². The van der Waals surface area contributed by atoms with Gasteiger partial charge in [-0.15, -0.1) is 0 Å². The van der Waals surface area contributed by atoms with Crippen molar-refractivity contribution in [3.05, 3.63) is 66.2 Å². The molecule has 8 nitrogen and oxygen atoms in total. The van der Waals surface area contributed by atoms with Gasteiger partial charge in [0.25, 0.3) is 0 Å². The molecule has 30 heavy (non-hydrogen) atoms. The van der Waals surface area contributed by atoms with E-state index in [-0.39, 0.29) is 42.7 Å². The van der Waals surface area contributed by atoms with E-state index in [2.05, 4.69) is 4.72 Å². The van der Waals surface area contributed by atoms with Crippen LogP contribution in [0.25, 0.3) is 0 Å². The number of nitrogens with zero attached hydrogens (tertiary/aromatic N) is 2. The lowest BCUT2D eigenvalue weighted by molar-refractivity contribution is -0.133. The monoisotopic (exact) mass is 451 g/mol. The molecule has 1 aliphatic heterocycles. The molecular weight excluding hydrogens is 426 g/mol. The van der Waals surface area contributed by atoms with Crippen LogP contribution in [0.1, 0.15) is 12.5 Å².